The minimum absolute atomic E-state index is 0.328. The van der Waals surface area contributed by atoms with Crippen LogP contribution in [0.5, 0.6) is 0 Å². The fourth-order valence-corrected chi connectivity index (χ4v) is 6.42. The summed E-state index contributed by atoms with van der Waals surface area (Å²) in [4.78, 5) is 11.9. The first kappa shape index (κ1) is 23.4. The maximum Gasteiger partial charge on any atom is 0.243 e. The van der Waals surface area contributed by atoms with Crippen LogP contribution in [0.2, 0.25) is 0 Å². The summed E-state index contributed by atoms with van der Waals surface area (Å²) in [6.07, 6.45) is 3.73. The first-order chi connectivity index (χ1) is 18.0. The van der Waals surface area contributed by atoms with Gasteiger partial charge in [-0.15, -0.1) is 0 Å². The molecule has 1 fully saturated rings. The minimum atomic E-state index is -3.53. The zero-order chi connectivity index (χ0) is 25.4. The quantitative estimate of drug-likeness (QED) is 0.337. The smallest absolute Gasteiger partial charge is 0.243 e. The van der Waals surface area contributed by atoms with Gasteiger partial charge in [-0.25, -0.2) is 18.4 Å². The van der Waals surface area contributed by atoms with E-state index >= 15 is 0 Å². The number of nitrogens with zero attached hydrogens (tertiary/aromatic N) is 5. The Hall–Kier alpha value is -4.01. The molecular formula is C29H27N5O2S. The first-order valence-corrected chi connectivity index (χ1v) is 13.7. The van der Waals surface area contributed by atoms with Crippen LogP contribution in [0.4, 0.5) is 5.82 Å². The minimum Gasteiger partial charge on any atom is -0.353 e. The molecule has 0 unspecified atom stereocenters. The van der Waals surface area contributed by atoms with Crippen molar-refractivity contribution in [3.8, 4) is 16.8 Å². The summed E-state index contributed by atoms with van der Waals surface area (Å²) in [6.45, 7) is 3.95. The maximum atomic E-state index is 13.1. The van der Waals surface area contributed by atoms with Crippen LogP contribution in [0, 0.1) is 6.92 Å². The van der Waals surface area contributed by atoms with Crippen molar-refractivity contribution in [1.29, 1.82) is 0 Å². The molecule has 0 bridgehead atoms. The number of hydrogen-bond acceptors (Lipinski definition) is 5. The molecule has 0 saturated carbocycles. The van der Waals surface area contributed by atoms with Gasteiger partial charge in [-0.3, -0.25) is 0 Å². The van der Waals surface area contributed by atoms with Crippen molar-refractivity contribution in [2.24, 2.45) is 0 Å². The molecule has 1 aliphatic rings. The van der Waals surface area contributed by atoms with Crippen molar-refractivity contribution in [2.45, 2.75) is 11.8 Å². The lowest BCUT2D eigenvalue weighted by Gasteiger charge is -2.35. The molecule has 7 nitrogen and oxygen atoms in total. The molecule has 0 amide bonds. The topological polar surface area (TPSA) is 71.3 Å². The van der Waals surface area contributed by atoms with Crippen LogP contribution in [-0.2, 0) is 10.0 Å². The molecule has 1 aliphatic heterocycles. The van der Waals surface area contributed by atoms with Crippen LogP contribution in [0.15, 0.2) is 102 Å². The maximum absolute atomic E-state index is 13.1. The van der Waals surface area contributed by atoms with Crippen LogP contribution < -0.4 is 4.90 Å². The van der Waals surface area contributed by atoms with Crippen molar-refractivity contribution in [1.82, 2.24) is 18.8 Å². The average molecular weight is 510 g/mol. The van der Waals surface area contributed by atoms with Gasteiger partial charge in [0.15, 0.2) is 5.65 Å². The summed E-state index contributed by atoms with van der Waals surface area (Å²) in [7, 11) is -3.53. The van der Waals surface area contributed by atoms with Crippen molar-refractivity contribution < 1.29 is 8.42 Å². The lowest BCUT2D eigenvalue weighted by atomic mass is 10.1. The monoisotopic (exact) mass is 509 g/mol. The van der Waals surface area contributed by atoms with Gasteiger partial charge in [0.25, 0.3) is 0 Å². The molecule has 5 aromatic rings. The van der Waals surface area contributed by atoms with Gasteiger partial charge >= 0.3 is 0 Å². The second kappa shape index (κ2) is 9.46. The normalized spacial score (nSPS) is 14.8. The molecule has 0 atom stereocenters. The summed E-state index contributed by atoms with van der Waals surface area (Å²) in [5, 5.41) is 0.967. The van der Waals surface area contributed by atoms with Gasteiger partial charge in [0.05, 0.1) is 10.3 Å². The second-order valence-corrected chi connectivity index (χ2v) is 11.2. The highest BCUT2D eigenvalue weighted by atomic mass is 32.2. The van der Waals surface area contributed by atoms with E-state index in [0.29, 0.717) is 31.1 Å². The van der Waals surface area contributed by atoms with E-state index in [0.717, 1.165) is 33.7 Å². The lowest BCUT2D eigenvalue weighted by molar-refractivity contribution is 0.384. The number of piperazine rings is 1. The van der Waals surface area contributed by atoms with Gasteiger partial charge in [-0.2, -0.15) is 4.31 Å². The Morgan fingerprint density at radius 1 is 0.784 bits per heavy atom. The highest BCUT2D eigenvalue weighted by Crippen LogP contribution is 2.37. The third-order valence-electron chi connectivity index (χ3n) is 6.85. The first-order valence-electron chi connectivity index (χ1n) is 12.3. The van der Waals surface area contributed by atoms with Gasteiger partial charge < -0.3 is 9.47 Å². The summed E-state index contributed by atoms with van der Waals surface area (Å²) >= 11 is 0. The number of fused-ring (bicyclic) bond motifs is 1. The van der Waals surface area contributed by atoms with E-state index in [1.165, 1.54) is 5.56 Å². The highest BCUT2D eigenvalue weighted by molar-refractivity contribution is 7.89. The van der Waals surface area contributed by atoms with Gasteiger partial charge in [-0.1, -0.05) is 60.7 Å². The third-order valence-corrected chi connectivity index (χ3v) is 8.76. The fraction of sp³-hybridized carbons (Fsp3) is 0.172. The summed E-state index contributed by atoms with van der Waals surface area (Å²) in [5.74, 6) is 0.826. The van der Waals surface area contributed by atoms with E-state index in [1.807, 2.05) is 30.3 Å². The van der Waals surface area contributed by atoms with Gasteiger partial charge in [0.2, 0.25) is 10.0 Å². The van der Waals surface area contributed by atoms with Crippen LogP contribution in [0.25, 0.3) is 27.8 Å². The van der Waals surface area contributed by atoms with Crippen LogP contribution in [0.3, 0.4) is 0 Å². The molecule has 0 N–H and O–H groups in total. The van der Waals surface area contributed by atoms with E-state index < -0.39 is 10.0 Å². The molecular weight excluding hydrogens is 482 g/mol. The third kappa shape index (κ3) is 4.28. The standard InChI is InChI=1S/C29H27N5O2S/c1-22-9-8-12-24(19-22)34-20-26(23-10-4-2-5-11-23)27-28(30-21-31-29(27)34)32-15-17-33(18-16-32)37(35,36)25-13-6-3-7-14-25/h2-14,19-21H,15-18H2,1H3. The SMILES string of the molecule is Cc1cccc(-n2cc(-c3ccccc3)c3c(N4CCN(S(=O)(=O)c5ccccc5)CC4)ncnc32)c1. The number of aromatic nitrogens is 3. The van der Waals surface area contributed by atoms with Gasteiger partial charge in [0.1, 0.15) is 12.1 Å². The van der Waals surface area contributed by atoms with E-state index in [1.54, 1.807) is 34.9 Å². The summed E-state index contributed by atoms with van der Waals surface area (Å²) < 4.78 is 30.0. The Balaban J connectivity index is 1.40. The highest BCUT2D eigenvalue weighted by Gasteiger charge is 2.30. The van der Waals surface area contributed by atoms with E-state index in [-0.39, 0.29) is 0 Å². The van der Waals surface area contributed by atoms with Crippen LogP contribution >= 0.6 is 0 Å². The number of hydrogen-bond donors (Lipinski definition) is 0. The zero-order valence-corrected chi connectivity index (χ0v) is 21.3. The number of sulfonamides is 1. The average Bonchev–Trinajstić information content (AvgIpc) is 3.34. The molecule has 2 aromatic heterocycles. The number of benzene rings is 3. The Kier molecular flexibility index (Phi) is 5.98. The van der Waals surface area contributed by atoms with Crippen LogP contribution in [-0.4, -0.2) is 53.4 Å². The Bertz CT molecular complexity index is 1660. The predicted octanol–water partition coefficient (Wildman–Crippen LogP) is 4.91. The molecule has 6 rings (SSSR count). The Morgan fingerprint density at radius 3 is 2.19 bits per heavy atom. The number of aryl methyl sites for hydroxylation is 1. The molecule has 3 heterocycles. The van der Waals surface area contributed by atoms with E-state index in [2.05, 4.69) is 52.9 Å². The van der Waals surface area contributed by atoms with Crippen LogP contribution in [0.1, 0.15) is 5.56 Å². The zero-order valence-electron chi connectivity index (χ0n) is 20.5. The molecule has 37 heavy (non-hydrogen) atoms. The van der Waals surface area contributed by atoms with Crippen molar-refractivity contribution >= 4 is 26.9 Å². The second-order valence-electron chi connectivity index (χ2n) is 9.22. The largest absolute Gasteiger partial charge is 0.353 e. The molecule has 0 radical (unpaired) electrons. The lowest BCUT2D eigenvalue weighted by Crippen LogP contribution is -2.49. The molecule has 1 saturated heterocycles. The van der Waals surface area contributed by atoms with Gasteiger partial charge in [-0.05, 0) is 42.3 Å². The van der Waals surface area contributed by atoms with Crippen molar-refractivity contribution in [3.05, 3.63) is 103 Å². The summed E-state index contributed by atoms with van der Waals surface area (Å²) in [6, 6.07) is 27.2. The number of rotatable bonds is 5. The predicted molar refractivity (Wildman–Crippen MR) is 146 cm³/mol. The molecule has 186 valence electrons. The molecule has 0 aliphatic carbocycles. The Labute approximate surface area is 216 Å². The van der Waals surface area contributed by atoms with Crippen molar-refractivity contribution in [2.75, 3.05) is 31.1 Å². The van der Waals surface area contributed by atoms with E-state index in [9.17, 15) is 8.42 Å². The van der Waals surface area contributed by atoms with Crippen molar-refractivity contribution in [3.63, 3.8) is 0 Å². The molecule has 8 heteroatoms. The molecule has 3 aromatic carbocycles. The summed E-state index contributed by atoms with van der Waals surface area (Å²) in [5.41, 5.74) is 5.17. The van der Waals surface area contributed by atoms with E-state index in [4.69, 9.17) is 9.97 Å². The van der Waals surface area contributed by atoms with Gasteiger partial charge in [0, 0.05) is 43.6 Å². The fourth-order valence-electron chi connectivity index (χ4n) is 4.98. The Morgan fingerprint density at radius 2 is 1.49 bits per heavy atom. The number of anilines is 1. The molecule has 0 spiro atoms.